The summed E-state index contributed by atoms with van der Waals surface area (Å²) < 4.78 is 12.8. The van der Waals surface area contributed by atoms with E-state index in [2.05, 4.69) is 0 Å². The minimum Gasteiger partial charge on any atom is -0.339 e. The van der Waals surface area contributed by atoms with Crippen LogP contribution in [0.25, 0.3) is 0 Å². The van der Waals surface area contributed by atoms with Gasteiger partial charge in [-0.3, -0.25) is 4.79 Å². The molecule has 0 aromatic heterocycles. The van der Waals surface area contributed by atoms with Gasteiger partial charge in [0.05, 0.1) is 6.04 Å². The van der Waals surface area contributed by atoms with Crippen molar-refractivity contribution >= 4 is 17.5 Å². The molecule has 0 fully saturated rings. The Morgan fingerprint density at radius 1 is 1.33 bits per heavy atom. The molecular formula is C14H19ClFNO. The molecule has 0 aliphatic heterocycles. The number of hydrogen-bond acceptors (Lipinski definition) is 1. The van der Waals surface area contributed by atoms with Crippen LogP contribution in [-0.4, -0.2) is 23.7 Å². The Balaban J connectivity index is 2.57. The van der Waals surface area contributed by atoms with Crippen LogP contribution in [0.3, 0.4) is 0 Å². The largest absolute Gasteiger partial charge is 0.339 e. The van der Waals surface area contributed by atoms with Gasteiger partial charge in [0.15, 0.2) is 0 Å². The first-order valence-corrected chi connectivity index (χ1v) is 6.66. The molecule has 0 aliphatic rings. The summed E-state index contributed by atoms with van der Waals surface area (Å²) in [6.45, 7) is 1.94. The third-order valence-corrected chi connectivity index (χ3v) is 3.37. The molecule has 1 unspecified atom stereocenters. The van der Waals surface area contributed by atoms with E-state index in [0.717, 1.165) is 18.4 Å². The highest BCUT2D eigenvalue weighted by molar-refractivity contribution is 6.17. The molecular weight excluding hydrogens is 253 g/mol. The number of carbonyl (C=O) groups is 1. The average molecular weight is 272 g/mol. The summed E-state index contributed by atoms with van der Waals surface area (Å²) in [5, 5.41) is 0. The quantitative estimate of drug-likeness (QED) is 0.570. The van der Waals surface area contributed by atoms with Crippen LogP contribution in [0.4, 0.5) is 4.39 Å². The third kappa shape index (κ3) is 4.30. The highest BCUT2D eigenvalue weighted by atomic mass is 35.5. The van der Waals surface area contributed by atoms with Gasteiger partial charge in [-0.1, -0.05) is 12.1 Å². The molecule has 2 nitrogen and oxygen atoms in total. The lowest BCUT2D eigenvalue weighted by atomic mass is 10.1. The van der Waals surface area contributed by atoms with Crippen molar-refractivity contribution in [1.82, 2.24) is 4.90 Å². The molecule has 0 saturated heterocycles. The Kier molecular flexibility index (Phi) is 6.13. The maximum absolute atomic E-state index is 12.8. The second kappa shape index (κ2) is 7.37. The van der Waals surface area contributed by atoms with E-state index >= 15 is 0 Å². The van der Waals surface area contributed by atoms with Gasteiger partial charge in [0, 0.05) is 19.3 Å². The first-order chi connectivity index (χ1) is 8.56. The van der Waals surface area contributed by atoms with E-state index in [9.17, 15) is 9.18 Å². The first-order valence-electron chi connectivity index (χ1n) is 6.13. The van der Waals surface area contributed by atoms with Gasteiger partial charge < -0.3 is 4.90 Å². The molecule has 1 atom stereocenters. The van der Waals surface area contributed by atoms with E-state index < -0.39 is 0 Å². The molecule has 0 radical (unpaired) electrons. The minimum atomic E-state index is -0.262. The van der Waals surface area contributed by atoms with Crippen molar-refractivity contribution in [2.75, 3.05) is 12.9 Å². The summed E-state index contributed by atoms with van der Waals surface area (Å²) >= 11 is 5.58. The molecule has 0 N–H and O–H groups in total. The van der Waals surface area contributed by atoms with Crippen LogP contribution in [0.2, 0.25) is 0 Å². The zero-order chi connectivity index (χ0) is 13.5. The van der Waals surface area contributed by atoms with Crippen molar-refractivity contribution in [3.8, 4) is 0 Å². The fourth-order valence-corrected chi connectivity index (χ4v) is 1.92. The second-order valence-corrected chi connectivity index (χ2v) is 4.76. The molecule has 100 valence electrons. The molecule has 1 aromatic carbocycles. The van der Waals surface area contributed by atoms with Crippen molar-refractivity contribution < 1.29 is 9.18 Å². The summed E-state index contributed by atoms with van der Waals surface area (Å²) in [6.07, 6.45) is 2.17. The summed E-state index contributed by atoms with van der Waals surface area (Å²) in [5.41, 5.74) is 0.935. The van der Waals surface area contributed by atoms with Crippen LogP contribution in [0.1, 0.15) is 37.8 Å². The number of alkyl halides is 1. The summed E-state index contributed by atoms with van der Waals surface area (Å²) in [4.78, 5) is 13.6. The zero-order valence-corrected chi connectivity index (χ0v) is 11.6. The van der Waals surface area contributed by atoms with Gasteiger partial charge in [0.2, 0.25) is 5.91 Å². The van der Waals surface area contributed by atoms with E-state index in [1.165, 1.54) is 12.1 Å². The molecule has 1 rings (SSSR count). The van der Waals surface area contributed by atoms with Gasteiger partial charge in [-0.15, -0.1) is 11.6 Å². The lowest BCUT2D eigenvalue weighted by Crippen LogP contribution is -2.29. The van der Waals surface area contributed by atoms with Crippen LogP contribution in [0, 0.1) is 5.82 Å². The van der Waals surface area contributed by atoms with Gasteiger partial charge in [-0.05, 0) is 37.5 Å². The van der Waals surface area contributed by atoms with Gasteiger partial charge in [0.1, 0.15) is 5.82 Å². The molecule has 0 spiro atoms. The van der Waals surface area contributed by atoms with Crippen LogP contribution >= 0.6 is 11.6 Å². The lowest BCUT2D eigenvalue weighted by Gasteiger charge is -2.25. The summed E-state index contributed by atoms with van der Waals surface area (Å²) in [5.74, 6) is 0.420. The number of carbonyl (C=O) groups excluding carboxylic acids is 1. The van der Waals surface area contributed by atoms with Crippen molar-refractivity contribution in [3.63, 3.8) is 0 Å². The van der Waals surface area contributed by atoms with Crippen LogP contribution in [0.5, 0.6) is 0 Å². The molecule has 0 saturated carbocycles. The standard InChI is InChI=1S/C14H19ClFNO/c1-11(12-6-8-13(16)9-7-12)17(2)14(18)5-3-4-10-15/h6-9,11H,3-5,10H2,1-2H3. The van der Waals surface area contributed by atoms with Crippen LogP contribution < -0.4 is 0 Å². The van der Waals surface area contributed by atoms with Crippen molar-refractivity contribution in [3.05, 3.63) is 35.6 Å². The highest BCUT2D eigenvalue weighted by Crippen LogP contribution is 2.20. The van der Waals surface area contributed by atoms with Gasteiger partial charge in [-0.2, -0.15) is 0 Å². The van der Waals surface area contributed by atoms with Gasteiger partial charge in [-0.25, -0.2) is 4.39 Å². The molecule has 18 heavy (non-hydrogen) atoms. The Labute approximate surface area is 113 Å². The predicted molar refractivity (Wildman–Crippen MR) is 72.2 cm³/mol. The Hall–Kier alpha value is -1.09. The number of nitrogens with zero attached hydrogens (tertiary/aromatic N) is 1. The predicted octanol–water partition coefficient (Wildman–Crippen LogP) is 3.75. The second-order valence-electron chi connectivity index (χ2n) is 4.38. The minimum absolute atomic E-state index is 0.0471. The Bertz CT molecular complexity index is 380. The van der Waals surface area contributed by atoms with Gasteiger partial charge >= 0.3 is 0 Å². The number of rotatable bonds is 6. The zero-order valence-electron chi connectivity index (χ0n) is 10.8. The number of hydrogen-bond donors (Lipinski definition) is 0. The number of amides is 1. The fraction of sp³-hybridized carbons (Fsp3) is 0.500. The molecule has 0 aliphatic carbocycles. The smallest absolute Gasteiger partial charge is 0.222 e. The SMILES string of the molecule is CC(c1ccc(F)cc1)N(C)C(=O)CCCCCl. The fourth-order valence-electron chi connectivity index (χ4n) is 1.73. The van der Waals surface area contributed by atoms with E-state index in [1.807, 2.05) is 6.92 Å². The third-order valence-electron chi connectivity index (χ3n) is 3.10. The summed E-state index contributed by atoms with van der Waals surface area (Å²) in [7, 11) is 1.77. The average Bonchev–Trinajstić information content (AvgIpc) is 2.38. The number of halogens is 2. The topological polar surface area (TPSA) is 20.3 Å². The van der Waals surface area contributed by atoms with Crippen molar-refractivity contribution in [2.24, 2.45) is 0 Å². The van der Waals surface area contributed by atoms with Crippen molar-refractivity contribution in [1.29, 1.82) is 0 Å². The van der Waals surface area contributed by atoms with E-state index in [-0.39, 0.29) is 17.8 Å². The van der Waals surface area contributed by atoms with Crippen LogP contribution in [-0.2, 0) is 4.79 Å². The van der Waals surface area contributed by atoms with Crippen molar-refractivity contribution in [2.45, 2.75) is 32.2 Å². The van der Waals surface area contributed by atoms with E-state index in [4.69, 9.17) is 11.6 Å². The maximum atomic E-state index is 12.8. The maximum Gasteiger partial charge on any atom is 0.222 e. The Morgan fingerprint density at radius 3 is 2.50 bits per heavy atom. The first kappa shape index (κ1) is 15.0. The molecule has 1 amide bonds. The molecule has 4 heteroatoms. The van der Waals surface area contributed by atoms with Gasteiger partial charge in [0.25, 0.3) is 0 Å². The highest BCUT2D eigenvalue weighted by Gasteiger charge is 2.16. The lowest BCUT2D eigenvalue weighted by molar-refractivity contribution is -0.131. The normalized spacial score (nSPS) is 12.2. The van der Waals surface area contributed by atoms with E-state index in [0.29, 0.717) is 12.3 Å². The Morgan fingerprint density at radius 2 is 1.94 bits per heavy atom. The summed E-state index contributed by atoms with van der Waals surface area (Å²) in [6, 6.07) is 6.20. The molecule has 1 aromatic rings. The molecule has 0 bridgehead atoms. The van der Waals surface area contributed by atoms with E-state index in [1.54, 1.807) is 24.1 Å². The molecule has 0 heterocycles. The number of benzene rings is 1. The van der Waals surface area contributed by atoms with Crippen LogP contribution in [0.15, 0.2) is 24.3 Å². The number of unbranched alkanes of at least 4 members (excludes halogenated alkanes) is 1. The monoisotopic (exact) mass is 271 g/mol.